The van der Waals surface area contributed by atoms with E-state index < -0.39 is 0 Å². The van der Waals surface area contributed by atoms with Gasteiger partial charge in [-0.05, 0) is 25.2 Å². The maximum absolute atomic E-state index is 11.9. The van der Waals surface area contributed by atoms with Gasteiger partial charge < -0.3 is 11.1 Å². The lowest BCUT2D eigenvalue weighted by Crippen LogP contribution is -2.45. The van der Waals surface area contributed by atoms with Gasteiger partial charge in [0.05, 0.1) is 6.04 Å². The number of hydrogen-bond acceptors (Lipinski definition) is 2. The van der Waals surface area contributed by atoms with Gasteiger partial charge in [0.25, 0.3) is 0 Å². The van der Waals surface area contributed by atoms with Crippen molar-refractivity contribution in [2.75, 3.05) is 0 Å². The fourth-order valence-corrected chi connectivity index (χ4v) is 2.69. The molecule has 3 heteroatoms. The van der Waals surface area contributed by atoms with Crippen molar-refractivity contribution in [3.63, 3.8) is 0 Å². The van der Waals surface area contributed by atoms with E-state index in [4.69, 9.17) is 5.73 Å². The predicted octanol–water partition coefficient (Wildman–Crippen LogP) is 2.59. The second-order valence-corrected chi connectivity index (χ2v) is 5.37. The van der Waals surface area contributed by atoms with Crippen molar-refractivity contribution < 1.29 is 4.79 Å². The first-order chi connectivity index (χ1) is 8.17. The van der Waals surface area contributed by atoms with Crippen LogP contribution in [0.4, 0.5) is 0 Å². The number of carbonyl (C=O) groups excluding carboxylic acids is 1. The molecule has 0 aromatic heterocycles. The molecule has 0 bridgehead atoms. The highest BCUT2D eigenvalue weighted by atomic mass is 16.2. The Balaban J connectivity index is 2.30. The maximum Gasteiger partial charge on any atom is 0.237 e. The molecule has 100 valence electrons. The third-order valence-corrected chi connectivity index (χ3v) is 3.98. The van der Waals surface area contributed by atoms with Crippen molar-refractivity contribution in [1.82, 2.24) is 5.32 Å². The molecule has 3 N–H and O–H groups in total. The van der Waals surface area contributed by atoms with E-state index in [0.717, 1.165) is 19.3 Å². The topological polar surface area (TPSA) is 55.1 Å². The molecule has 1 amide bonds. The van der Waals surface area contributed by atoms with E-state index in [9.17, 15) is 4.79 Å². The van der Waals surface area contributed by atoms with Gasteiger partial charge in [-0.2, -0.15) is 0 Å². The molecule has 1 rings (SSSR count). The fraction of sp³-hybridized carbons (Fsp3) is 0.929. The summed E-state index contributed by atoms with van der Waals surface area (Å²) in [6.07, 6.45) is 9.32. The van der Waals surface area contributed by atoms with E-state index in [0.29, 0.717) is 12.0 Å². The van der Waals surface area contributed by atoms with Crippen LogP contribution in [0, 0.1) is 5.92 Å². The Hall–Kier alpha value is -0.570. The number of nitrogens with two attached hydrogens (primary N) is 1. The van der Waals surface area contributed by atoms with Gasteiger partial charge in [0.15, 0.2) is 0 Å². The molecule has 0 radical (unpaired) electrons. The molecule has 0 heterocycles. The number of hydrogen-bond donors (Lipinski definition) is 2. The molecule has 1 saturated carbocycles. The first-order valence-corrected chi connectivity index (χ1v) is 7.23. The van der Waals surface area contributed by atoms with Crippen LogP contribution in [0.3, 0.4) is 0 Å². The van der Waals surface area contributed by atoms with Crippen LogP contribution in [0.2, 0.25) is 0 Å². The first-order valence-electron chi connectivity index (χ1n) is 7.23. The molecule has 0 saturated heterocycles. The zero-order chi connectivity index (χ0) is 12.7. The summed E-state index contributed by atoms with van der Waals surface area (Å²) in [5, 5.41) is 3.04. The van der Waals surface area contributed by atoms with Crippen LogP contribution in [0.1, 0.15) is 65.2 Å². The number of nitrogens with one attached hydrogen (secondary N) is 1. The van der Waals surface area contributed by atoms with E-state index in [1.165, 1.54) is 32.1 Å². The molecule has 17 heavy (non-hydrogen) atoms. The van der Waals surface area contributed by atoms with Crippen molar-refractivity contribution in [2.24, 2.45) is 11.7 Å². The summed E-state index contributed by atoms with van der Waals surface area (Å²) in [5.74, 6) is 0.718. The second-order valence-electron chi connectivity index (χ2n) is 5.37. The number of rotatable bonds is 6. The highest BCUT2D eigenvalue weighted by molar-refractivity contribution is 5.81. The van der Waals surface area contributed by atoms with Crippen LogP contribution in [0.15, 0.2) is 0 Å². The zero-order valence-corrected chi connectivity index (χ0v) is 11.4. The summed E-state index contributed by atoms with van der Waals surface area (Å²) in [6.45, 7) is 4.20. The largest absolute Gasteiger partial charge is 0.352 e. The summed E-state index contributed by atoms with van der Waals surface area (Å²) >= 11 is 0. The van der Waals surface area contributed by atoms with Crippen LogP contribution in [-0.2, 0) is 4.79 Å². The minimum atomic E-state index is -0.307. The third kappa shape index (κ3) is 5.07. The molecule has 1 fully saturated rings. The van der Waals surface area contributed by atoms with E-state index in [-0.39, 0.29) is 11.9 Å². The SMILES string of the molecule is CCC(CC)NC(=O)C(N)CC1CCCCC1. The maximum atomic E-state index is 11.9. The van der Waals surface area contributed by atoms with E-state index >= 15 is 0 Å². The molecule has 3 nitrogen and oxygen atoms in total. The molecule has 0 aromatic rings. The Labute approximate surface area is 106 Å². The Morgan fingerprint density at radius 3 is 2.35 bits per heavy atom. The van der Waals surface area contributed by atoms with Crippen LogP contribution in [-0.4, -0.2) is 18.0 Å². The minimum absolute atomic E-state index is 0.0456. The molecular weight excluding hydrogens is 212 g/mol. The normalized spacial score (nSPS) is 19.3. The van der Waals surface area contributed by atoms with Gasteiger partial charge in [-0.15, -0.1) is 0 Å². The summed E-state index contributed by atoms with van der Waals surface area (Å²) in [7, 11) is 0. The molecule has 0 aliphatic heterocycles. The van der Waals surface area contributed by atoms with Gasteiger partial charge >= 0.3 is 0 Å². The van der Waals surface area contributed by atoms with Crippen molar-refractivity contribution >= 4 is 5.91 Å². The Bertz CT molecular complexity index is 220. The number of amides is 1. The van der Waals surface area contributed by atoms with Crippen molar-refractivity contribution in [1.29, 1.82) is 0 Å². The van der Waals surface area contributed by atoms with Gasteiger partial charge in [-0.3, -0.25) is 4.79 Å². The molecule has 0 aromatic carbocycles. The Morgan fingerprint density at radius 2 is 1.82 bits per heavy atom. The fourth-order valence-electron chi connectivity index (χ4n) is 2.69. The van der Waals surface area contributed by atoms with Crippen molar-refractivity contribution in [3.05, 3.63) is 0 Å². The molecule has 1 aliphatic carbocycles. The van der Waals surface area contributed by atoms with Gasteiger partial charge in [0, 0.05) is 6.04 Å². The summed E-state index contributed by atoms with van der Waals surface area (Å²) in [5.41, 5.74) is 5.99. The van der Waals surface area contributed by atoms with E-state index in [2.05, 4.69) is 19.2 Å². The summed E-state index contributed by atoms with van der Waals surface area (Å²) in [4.78, 5) is 11.9. The standard InChI is InChI=1S/C14H28N2O/c1-3-12(4-2)16-14(17)13(15)10-11-8-6-5-7-9-11/h11-13H,3-10,15H2,1-2H3,(H,16,17). The van der Waals surface area contributed by atoms with Gasteiger partial charge in [-0.25, -0.2) is 0 Å². The zero-order valence-electron chi connectivity index (χ0n) is 11.4. The van der Waals surface area contributed by atoms with Gasteiger partial charge in [-0.1, -0.05) is 46.0 Å². The van der Waals surface area contributed by atoms with E-state index in [1.807, 2.05) is 0 Å². The quantitative estimate of drug-likeness (QED) is 0.750. The van der Waals surface area contributed by atoms with E-state index in [1.54, 1.807) is 0 Å². The lowest BCUT2D eigenvalue weighted by molar-refractivity contribution is -0.123. The van der Waals surface area contributed by atoms with Crippen LogP contribution < -0.4 is 11.1 Å². The van der Waals surface area contributed by atoms with Crippen molar-refractivity contribution in [2.45, 2.75) is 77.3 Å². The average molecular weight is 240 g/mol. The summed E-state index contributed by atoms with van der Waals surface area (Å²) in [6, 6.07) is -0.0152. The molecule has 1 unspecified atom stereocenters. The lowest BCUT2D eigenvalue weighted by atomic mass is 9.85. The molecular formula is C14H28N2O. The lowest BCUT2D eigenvalue weighted by Gasteiger charge is -2.25. The van der Waals surface area contributed by atoms with Crippen molar-refractivity contribution in [3.8, 4) is 0 Å². The molecule has 1 aliphatic rings. The monoisotopic (exact) mass is 240 g/mol. The second kappa shape index (κ2) is 7.70. The highest BCUT2D eigenvalue weighted by Crippen LogP contribution is 2.26. The molecule has 1 atom stereocenters. The van der Waals surface area contributed by atoms with Crippen LogP contribution in [0.25, 0.3) is 0 Å². The average Bonchev–Trinajstić information content (AvgIpc) is 2.36. The Kier molecular flexibility index (Phi) is 6.56. The molecule has 0 spiro atoms. The van der Waals surface area contributed by atoms with Crippen LogP contribution in [0.5, 0.6) is 0 Å². The number of carbonyl (C=O) groups is 1. The van der Waals surface area contributed by atoms with Gasteiger partial charge in [0.1, 0.15) is 0 Å². The third-order valence-electron chi connectivity index (χ3n) is 3.98. The first kappa shape index (κ1) is 14.5. The van der Waals surface area contributed by atoms with Crippen LogP contribution >= 0.6 is 0 Å². The highest BCUT2D eigenvalue weighted by Gasteiger charge is 2.22. The smallest absolute Gasteiger partial charge is 0.237 e. The Morgan fingerprint density at radius 1 is 1.24 bits per heavy atom. The minimum Gasteiger partial charge on any atom is -0.352 e. The van der Waals surface area contributed by atoms with Gasteiger partial charge in [0.2, 0.25) is 5.91 Å². The predicted molar refractivity (Wildman–Crippen MR) is 71.7 cm³/mol. The summed E-state index contributed by atoms with van der Waals surface area (Å²) < 4.78 is 0.